The number of benzene rings is 2. The molecule has 1 heterocycles. The lowest BCUT2D eigenvalue weighted by molar-refractivity contribution is -0.111. The normalized spacial score (nSPS) is 11.1. The van der Waals surface area contributed by atoms with Crippen molar-refractivity contribution in [1.82, 2.24) is 9.78 Å². The first-order chi connectivity index (χ1) is 12.1. The number of nitrogens with one attached hydrogen (secondary N) is 1. The number of rotatable bonds is 5. The summed E-state index contributed by atoms with van der Waals surface area (Å²) in [5, 5.41) is 9.13. The number of nitrogens with zero attached hydrogens (tertiary/aromatic N) is 2. The number of anilines is 1. The van der Waals surface area contributed by atoms with Crippen LogP contribution in [0.25, 0.3) is 23.1 Å². The zero-order valence-corrected chi connectivity index (χ0v) is 14.6. The smallest absolute Gasteiger partial charge is 0.247 e. The highest BCUT2D eigenvalue weighted by atomic mass is 35.5. The van der Waals surface area contributed by atoms with E-state index in [2.05, 4.69) is 17.0 Å². The molecule has 126 valence electrons. The molecule has 0 fully saturated rings. The van der Waals surface area contributed by atoms with Gasteiger partial charge in [0, 0.05) is 22.6 Å². The average Bonchev–Trinajstić information content (AvgIpc) is 2.98. The van der Waals surface area contributed by atoms with Crippen molar-refractivity contribution in [1.29, 1.82) is 0 Å². The lowest BCUT2D eigenvalue weighted by Gasteiger charge is -2.03. The molecule has 0 saturated carbocycles. The van der Waals surface area contributed by atoms with E-state index < -0.39 is 0 Å². The van der Waals surface area contributed by atoms with E-state index in [1.807, 2.05) is 66.2 Å². The second-order valence-electron chi connectivity index (χ2n) is 5.51. The predicted molar refractivity (Wildman–Crippen MR) is 105 cm³/mol. The van der Waals surface area contributed by atoms with Crippen molar-refractivity contribution < 1.29 is 4.79 Å². The van der Waals surface area contributed by atoms with Crippen LogP contribution in [0.4, 0.5) is 5.69 Å². The van der Waals surface area contributed by atoms with Crippen LogP contribution in [0, 0.1) is 0 Å². The highest BCUT2D eigenvalue weighted by Gasteiger charge is 2.09. The summed E-state index contributed by atoms with van der Waals surface area (Å²) in [5.41, 5.74) is 3.63. The first kappa shape index (κ1) is 17.0. The fourth-order valence-corrected chi connectivity index (χ4v) is 2.71. The number of fused-ring (bicyclic) bond motifs is 1. The molecule has 0 aliphatic heterocycles. The summed E-state index contributed by atoms with van der Waals surface area (Å²) in [6, 6.07) is 13.4. The Morgan fingerprint density at radius 2 is 2.00 bits per heavy atom. The van der Waals surface area contributed by atoms with E-state index in [0.717, 1.165) is 28.7 Å². The van der Waals surface area contributed by atoms with Gasteiger partial charge in [0.25, 0.3) is 0 Å². The van der Waals surface area contributed by atoms with Gasteiger partial charge in [-0.25, -0.2) is 0 Å². The van der Waals surface area contributed by atoms with Gasteiger partial charge in [-0.15, -0.1) is 0 Å². The van der Waals surface area contributed by atoms with Gasteiger partial charge in [-0.1, -0.05) is 36.4 Å². The first-order valence-corrected chi connectivity index (χ1v) is 8.36. The molecule has 5 heteroatoms. The van der Waals surface area contributed by atoms with Gasteiger partial charge in [0.15, 0.2) is 0 Å². The largest absolute Gasteiger partial charge is 0.323 e. The molecule has 0 bridgehead atoms. The fraction of sp³-hybridized carbons (Fsp3) is 0.100. The number of amides is 1. The van der Waals surface area contributed by atoms with Crippen LogP contribution >= 0.6 is 11.6 Å². The summed E-state index contributed by atoms with van der Waals surface area (Å²) in [5.74, 6) is -0.236. The van der Waals surface area contributed by atoms with Crippen molar-refractivity contribution >= 4 is 46.3 Å². The van der Waals surface area contributed by atoms with Gasteiger partial charge in [0.05, 0.1) is 11.2 Å². The van der Waals surface area contributed by atoms with Gasteiger partial charge in [0.1, 0.15) is 0 Å². The summed E-state index contributed by atoms with van der Waals surface area (Å²) in [6.45, 7) is 6.29. The van der Waals surface area contributed by atoms with Gasteiger partial charge in [-0.3, -0.25) is 9.48 Å². The Kier molecular flexibility index (Phi) is 5.00. The average molecular weight is 352 g/mol. The van der Waals surface area contributed by atoms with E-state index in [4.69, 9.17) is 11.6 Å². The number of aromatic nitrogens is 2. The maximum absolute atomic E-state index is 11.5. The van der Waals surface area contributed by atoms with Crippen LogP contribution in [0.3, 0.4) is 0 Å². The minimum atomic E-state index is -0.236. The molecule has 0 unspecified atom stereocenters. The molecule has 2 aromatic carbocycles. The lowest BCUT2D eigenvalue weighted by Crippen LogP contribution is -2.06. The number of aryl methyl sites for hydroxylation is 1. The second kappa shape index (κ2) is 7.36. The molecule has 25 heavy (non-hydrogen) atoms. The van der Waals surface area contributed by atoms with Crippen molar-refractivity contribution in [2.45, 2.75) is 13.5 Å². The molecule has 0 atom stereocenters. The number of hydrogen-bond acceptors (Lipinski definition) is 2. The predicted octanol–water partition coefficient (Wildman–Crippen LogP) is 5.00. The zero-order valence-electron chi connectivity index (χ0n) is 13.9. The molecule has 3 aromatic rings. The first-order valence-electron chi connectivity index (χ1n) is 7.98. The third-order valence-electron chi connectivity index (χ3n) is 3.84. The Morgan fingerprint density at radius 3 is 2.68 bits per heavy atom. The lowest BCUT2D eigenvalue weighted by atomic mass is 10.1. The van der Waals surface area contributed by atoms with E-state index in [1.54, 1.807) is 0 Å². The van der Waals surface area contributed by atoms with Crippen molar-refractivity contribution in [3.63, 3.8) is 0 Å². The standard InChI is InChI=1S/C20H18ClN3O/c1-3-20(25)22-16-10-12-19-17(13-16)18(23-24(19)4-2)11-7-14-5-8-15(21)9-6-14/h3,5-13H,1,4H2,2H3,(H,22,25). The molecular formula is C20H18ClN3O. The molecule has 1 amide bonds. The molecule has 0 radical (unpaired) electrons. The summed E-state index contributed by atoms with van der Waals surface area (Å²) in [6.07, 6.45) is 5.21. The maximum atomic E-state index is 11.5. The van der Waals surface area contributed by atoms with Gasteiger partial charge in [0.2, 0.25) is 5.91 Å². The quantitative estimate of drug-likeness (QED) is 0.657. The molecule has 3 rings (SSSR count). The van der Waals surface area contributed by atoms with Crippen LogP contribution in [-0.4, -0.2) is 15.7 Å². The SMILES string of the molecule is C=CC(=O)Nc1ccc2c(c1)c(C=Cc1ccc(Cl)cc1)nn2CC. The highest BCUT2D eigenvalue weighted by molar-refractivity contribution is 6.30. The van der Waals surface area contributed by atoms with Gasteiger partial charge < -0.3 is 5.32 Å². The van der Waals surface area contributed by atoms with Gasteiger partial charge in [-0.2, -0.15) is 5.10 Å². The van der Waals surface area contributed by atoms with Crippen LogP contribution in [0.5, 0.6) is 0 Å². The maximum Gasteiger partial charge on any atom is 0.247 e. The van der Waals surface area contributed by atoms with E-state index >= 15 is 0 Å². The minimum absolute atomic E-state index is 0.236. The zero-order chi connectivity index (χ0) is 17.8. The fourth-order valence-electron chi connectivity index (χ4n) is 2.59. The molecule has 0 aliphatic rings. The van der Waals surface area contributed by atoms with Crippen LogP contribution in [0.1, 0.15) is 18.2 Å². The number of halogens is 1. The third kappa shape index (κ3) is 3.80. The van der Waals surface area contributed by atoms with Crippen molar-refractivity contribution in [3.8, 4) is 0 Å². The molecule has 1 N–H and O–H groups in total. The summed E-state index contributed by atoms with van der Waals surface area (Å²) in [4.78, 5) is 11.5. The Hall–Kier alpha value is -2.85. The summed E-state index contributed by atoms with van der Waals surface area (Å²) < 4.78 is 1.94. The topological polar surface area (TPSA) is 46.9 Å². The molecular weight excluding hydrogens is 334 g/mol. The third-order valence-corrected chi connectivity index (χ3v) is 4.09. The van der Waals surface area contributed by atoms with Gasteiger partial charge in [-0.05, 0) is 55.0 Å². The molecule has 0 saturated heterocycles. The number of hydrogen-bond donors (Lipinski definition) is 1. The van der Waals surface area contributed by atoms with E-state index in [1.165, 1.54) is 6.08 Å². The second-order valence-corrected chi connectivity index (χ2v) is 5.95. The van der Waals surface area contributed by atoms with Crippen molar-refractivity contribution in [2.24, 2.45) is 0 Å². The Bertz CT molecular complexity index is 955. The summed E-state index contributed by atoms with van der Waals surface area (Å²) in [7, 11) is 0. The summed E-state index contributed by atoms with van der Waals surface area (Å²) >= 11 is 5.92. The Labute approximate surface area is 151 Å². The molecule has 0 aliphatic carbocycles. The Morgan fingerprint density at radius 1 is 1.24 bits per heavy atom. The van der Waals surface area contributed by atoms with Crippen LogP contribution in [0.15, 0.2) is 55.1 Å². The Balaban J connectivity index is 2.00. The number of carbonyl (C=O) groups excluding carboxylic acids is 1. The molecule has 0 spiro atoms. The van der Waals surface area contributed by atoms with Crippen LogP contribution in [0.2, 0.25) is 5.02 Å². The van der Waals surface area contributed by atoms with Crippen molar-refractivity contribution in [3.05, 3.63) is 71.4 Å². The van der Waals surface area contributed by atoms with E-state index in [-0.39, 0.29) is 5.91 Å². The van der Waals surface area contributed by atoms with E-state index in [0.29, 0.717) is 10.7 Å². The van der Waals surface area contributed by atoms with Crippen LogP contribution in [-0.2, 0) is 11.3 Å². The molecule has 4 nitrogen and oxygen atoms in total. The van der Waals surface area contributed by atoms with Gasteiger partial charge >= 0.3 is 0 Å². The highest BCUT2D eigenvalue weighted by Crippen LogP contribution is 2.25. The van der Waals surface area contributed by atoms with Crippen LogP contribution < -0.4 is 5.32 Å². The minimum Gasteiger partial charge on any atom is -0.323 e. The van der Waals surface area contributed by atoms with Crippen molar-refractivity contribution in [2.75, 3.05) is 5.32 Å². The monoisotopic (exact) mass is 351 g/mol. The number of carbonyl (C=O) groups is 1. The van der Waals surface area contributed by atoms with E-state index in [9.17, 15) is 4.79 Å². The molecule has 1 aromatic heterocycles.